The number of amides is 2. The number of benzene rings is 2. The fraction of sp³-hybridized carbons (Fsp3) is 0.143. The minimum absolute atomic E-state index is 0.324. The molecule has 2 amide bonds. The second-order valence-corrected chi connectivity index (χ2v) is 6.80. The monoisotopic (exact) mass is 373 g/mol. The van der Waals surface area contributed by atoms with Crippen molar-refractivity contribution >= 4 is 34.2 Å². The van der Waals surface area contributed by atoms with Crippen molar-refractivity contribution in [1.29, 1.82) is 0 Å². The second kappa shape index (κ2) is 5.88. The highest BCUT2D eigenvalue weighted by molar-refractivity contribution is 6.34. The van der Waals surface area contributed by atoms with Crippen LogP contribution in [0.3, 0.4) is 0 Å². The summed E-state index contributed by atoms with van der Waals surface area (Å²) in [6, 6.07) is 16.5. The van der Waals surface area contributed by atoms with Crippen LogP contribution in [-0.4, -0.2) is 35.6 Å². The van der Waals surface area contributed by atoms with E-state index in [4.69, 9.17) is 4.42 Å². The Hall–Kier alpha value is -3.74. The van der Waals surface area contributed by atoms with Crippen LogP contribution in [0.2, 0.25) is 0 Å². The fourth-order valence-electron chi connectivity index (χ4n) is 3.97. The summed E-state index contributed by atoms with van der Waals surface area (Å²) in [5, 5.41) is 6.65. The highest BCUT2D eigenvalue weighted by Gasteiger charge is 2.56. The van der Waals surface area contributed by atoms with E-state index in [0.717, 1.165) is 0 Å². The number of imide groups is 1. The number of hydrogen-bond donors (Lipinski definition) is 0. The molecular formula is C21H15N3O4. The molecular weight excluding hydrogens is 358 g/mol. The molecule has 1 saturated heterocycles. The number of hydrogen-bond acceptors (Lipinski definition) is 6. The van der Waals surface area contributed by atoms with E-state index in [0.29, 0.717) is 27.9 Å². The lowest BCUT2D eigenvalue weighted by Crippen LogP contribution is -2.37. The molecule has 28 heavy (non-hydrogen) atoms. The summed E-state index contributed by atoms with van der Waals surface area (Å²) in [6.07, 6.45) is 0. The Morgan fingerprint density at radius 1 is 0.929 bits per heavy atom. The zero-order valence-corrected chi connectivity index (χ0v) is 14.9. The standard InChI is InChI=1S/C21H15N3O4/c1-23-19-17(20(26)24(21(19)27)12-7-3-2-4-8-12)18(22-23)14-11-16(25)28-15-10-6-5-9-13(14)15/h2-11,17,19H,1H3. The van der Waals surface area contributed by atoms with Crippen molar-refractivity contribution in [3.8, 4) is 0 Å². The third kappa shape index (κ3) is 2.22. The van der Waals surface area contributed by atoms with Gasteiger partial charge in [0.1, 0.15) is 17.5 Å². The van der Waals surface area contributed by atoms with Crippen molar-refractivity contribution in [2.45, 2.75) is 6.04 Å². The molecule has 7 nitrogen and oxygen atoms in total. The number of fused-ring (bicyclic) bond motifs is 2. The summed E-state index contributed by atoms with van der Waals surface area (Å²) in [5.41, 5.74) is 1.34. The number of likely N-dealkylation sites (N-methyl/N-ethyl adjacent to an activating group) is 1. The molecule has 1 fully saturated rings. The molecule has 0 aliphatic carbocycles. The van der Waals surface area contributed by atoms with Gasteiger partial charge in [0.2, 0.25) is 5.91 Å². The molecule has 3 aromatic rings. The van der Waals surface area contributed by atoms with Gasteiger partial charge in [-0.2, -0.15) is 5.10 Å². The van der Waals surface area contributed by atoms with Gasteiger partial charge in [-0.25, -0.2) is 9.69 Å². The molecule has 3 heterocycles. The first-order chi connectivity index (χ1) is 13.6. The van der Waals surface area contributed by atoms with Crippen molar-refractivity contribution in [3.63, 3.8) is 0 Å². The Kier molecular flexibility index (Phi) is 3.45. The van der Waals surface area contributed by atoms with E-state index >= 15 is 0 Å². The van der Waals surface area contributed by atoms with Crippen molar-refractivity contribution in [1.82, 2.24) is 5.01 Å². The quantitative estimate of drug-likeness (QED) is 0.507. The van der Waals surface area contributed by atoms with E-state index in [1.54, 1.807) is 49.5 Å². The number of carbonyl (C=O) groups excluding carboxylic acids is 2. The molecule has 0 N–H and O–H groups in total. The lowest BCUT2D eigenvalue weighted by Gasteiger charge is -2.18. The molecule has 2 unspecified atom stereocenters. The van der Waals surface area contributed by atoms with E-state index in [2.05, 4.69) is 5.10 Å². The topological polar surface area (TPSA) is 83.2 Å². The Balaban J connectivity index is 1.67. The van der Waals surface area contributed by atoms with Crippen molar-refractivity contribution in [2.24, 2.45) is 11.0 Å². The van der Waals surface area contributed by atoms with Gasteiger partial charge in [0, 0.05) is 24.1 Å². The fourth-order valence-corrected chi connectivity index (χ4v) is 3.97. The Morgan fingerprint density at radius 2 is 1.64 bits per heavy atom. The molecule has 2 aromatic carbocycles. The molecule has 1 aromatic heterocycles. The van der Waals surface area contributed by atoms with Crippen LogP contribution in [0.25, 0.3) is 11.0 Å². The van der Waals surface area contributed by atoms with Crippen LogP contribution >= 0.6 is 0 Å². The van der Waals surface area contributed by atoms with Gasteiger partial charge in [0.25, 0.3) is 5.91 Å². The van der Waals surface area contributed by atoms with E-state index < -0.39 is 17.6 Å². The maximum atomic E-state index is 13.2. The third-order valence-corrected chi connectivity index (χ3v) is 5.18. The predicted octanol–water partition coefficient (Wildman–Crippen LogP) is 2.00. The Labute approximate surface area is 159 Å². The van der Waals surface area contributed by atoms with Crippen LogP contribution < -0.4 is 10.5 Å². The highest BCUT2D eigenvalue weighted by atomic mass is 16.4. The van der Waals surface area contributed by atoms with Crippen molar-refractivity contribution in [3.05, 3.63) is 76.6 Å². The molecule has 138 valence electrons. The molecule has 0 radical (unpaired) electrons. The average Bonchev–Trinajstić information content (AvgIpc) is 3.17. The third-order valence-electron chi connectivity index (χ3n) is 5.18. The zero-order chi connectivity index (χ0) is 19.4. The van der Waals surface area contributed by atoms with Crippen LogP contribution in [0, 0.1) is 5.92 Å². The van der Waals surface area contributed by atoms with E-state index in [9.17, 15) is 14.4 Å². The van der Waals surface area contributed by atoms with Gasteiger partial charge in [-0.15, -0.1) is 0 Å². The smallest absolute Gasteiger partial charge is 0.336 e. The lowest BCUT2D eigenvalue weighted by atomic mass is 9.91. The van der Waals surface area contributed by atoms with Gasteiger partial charge in [0.15, 0.2) is 0 Å². The number of rotatable bonds is 2. The summed E-state index contributed by atoms with van der Waals surface area (Å²) in [6.45, 7) is 0. The van der Waals surface area contributed by atoms with Crippen LogP contribution in [0.15, 0.2) is 75.0 Å². The minimum atomic E-state index is -0.775. The largest absolute Gasteiger partial charge is 0.423 e. The molecule has 2 aliphatic heterocycles. The Bertz CT molecular complexity index is 1220. The highest BCUT2D eigenvalue weighted by Crippen LogP contribution is 2.37. The molecule has 7 heteroatoms. The van der Waals surface area contributed by atoms with Gasteiger partial charge in [-0.1, -0.05) is 36.4 Å². The van der Waals surface area contributed by atoms with Gasteiger partial charge < -0.3 is 4.42 Å². The van der Waals surface area contributed by atoms with E-state index in [1.165, 1.54) is 16.0 Å². The first kappa shape index (κ1) is 16.4. The zero-order valence-electron chi connectivity index (χ0n) is 14.9. The Morgan fingerprint density at radius 3 is 2.43 bits per heavy atom. The SMILES string of the molecule is CN1N=C(c2cc(=O)oc3ccccc23)C2C(=O)N(c3ccccc3)C(=O)C21. The first-order valence-corrected chi connectivity index (χ1v) is 8.84. The molecule has 2 atom stereocenters. The summed E-state index contributed by atoms with van der Waals surface area (Å²) in [4.78, 5) is 39.5. The van der Waals surface area contributed by atoms with Crippen LogP contribution in [0.5, 0.6) is 0 Å². The van der Waals surface area contributed by atoms with Gasteiger partial charge in [-0.05, 0) is 18.2 Å². The molecule has 0 bridgehead atoms. The normalized spacial score (nSPS) is 21.4. The lowest BCUT2D eigenvalue weighted by molar-refractivity contribution is -0.122. The van der Waals surface area contributed by atoms with Crippen LogP contribution in [0.1, 0.15) is 5.56 Å². The molecule has 0 saturated carbocycles. The van der Waals surface area contributed by atoms with Gasteiger partial charge in [-0.3, -0.25) is 14.6 Å². The maximum absolute atomic E-state index is 13.2. The number of anilines is 1. The van der Waals surface area contributed by atoms with Crippen LogP contribution in [-0.2, 0) is 9.59 Å². The number of carbonyl (C=O) groups is 2. The van der Waals surface area contributed by atoms with E-state index in [-0.39, 0.29) is 11.8 Å². The number of para-hydroxylation sites is 2. The maximum Gasteiger partial charge on any atom is 0.336 e. The summed E-state index contributed by atoms with van der Waals surface area (Å²) in [7, 11) is 1.66. The first-order valence-electron chi connectivity index (χ1n) is 8.84. The van der Waals surface area contributed by atoms with E-state index in [1.807, 2.05) is 12.1 Å². The summed E-state index contributed by atoms with van der Waals surface area (Å²) >= 11 is 0. The minimum Gasteiger partial charge on any atom is -0.423 e. The average molecular weight is 373 g/mol. The number of hydrazone groups is 1. The molecule has 0 spiro atoms. The van der Waals surface area contributed by atoms with Crippen LogP contribution in [0.4, 0.5) is 5.69 Å². The van der Waals surface area contributed by atoms with Gasteiger partial charge >= 0.3 is 5.63 Å². The number of nitrogens with zero attached hydrogens (tertiary/aromatic N) is 3. The molecule has 2 aliphatic rings. The van der Waals surface area contributed by atoms with Crippen molar-refractivity contribution in [2.75, 3.05) is 11.9 Å². The van der Waals surface area contributed by atoms with Crippen molar-refractivity contribution < 1.29 is 14.0 Å². The van der Waals surface area contributed by atoms with Gasteiger partial charge in [0.05, 0.1) is 11.4 Å². The predicted molar refractivity (Wildman–Crippen MR) is 103 cm³/mol. The summed E-state index contributed by atoms with van der Waals surface area (Å²) in [5.74, 6) is -1.45. The summed E-state index contributed by atoms with van der Waals surface area (Å²) < 4.78 is 5.25. The second-order valence-electron chi connectivity index (χ2n) is 6.80. The molecule has 5 rings (SSSR count).